The molecule has 1 saturated heterocycles. The number of amides is 1. The Morgan fingerprint density at radius 3 is 2.50 bits per heavy atom. The van der Waals surface area contributed by atoms with Crippen molar-refractivity contribution in [1.82, 2.24) is 4.90 Å². The van der Waals surface area contributed by atoms with Gasteiger partial charge in [0.2, 0.25) is 0 Å². The average Bonchev–Trinajstić information content (AvgIpc) is 2.60. The molecule has 1 amide bonds. The fourth-order valence-corrected chi connectivity index (χ4v) is 2.89. The molecule has 0 atom stereocenters. The number of benzene rings is 1. The minimum atomic E-state index is -0.181. The SMILES string of the molecule is COC(=O)C1CCN(C(=O)COc2cc(C(C)C)ccc2C)CC1. The number of rotatable bonds is 5. The highest BCUT2D eigenvalue weighted by molar-refractivity contribution is 5.78. The summed E-state index contributed by atoms with van der Waals surface area (Å²) in [4.78, 5) is 25.6. The van der Waals surface area contributed by atoms with Gasteiger partial charge in [0.15, 0.2) is 6.61 Å². The van der Waals surface area contributed by atoms with Crippen LogP contribution in [0.5, 0.6) is 5.75 Å². The summed E-state index contributed by atoms with van der Waals surface area (Å²) in [6.45, 7) is 7.42. The van der Waals surface area contributed by atoms with Gasteiger partial charge in [0.25, 0.3) is 5.91 Å². The van der Waals surface area contributed by atoms with Crippen molar-refractivity contribution in [2.75, 3.05) is 26.8 Å². The molecule has 1 aliphatic heterocycles. The lowest BCUT2D eigenvalue weighted by molar-refractivity contribution is -0.149. The van der Waals surface area contributed by atoms with Crippen LogP contribution in [0.2, 0.25) is 0 Å². The van der Waals surface area contributed by atoms with E-state index in [-0.39, 0.29) is 24.4 Å². The standard InChI is InChI=1S/C19H27NO4/c1-13(2)16-6-5-14(3)17(11-16)24-12-18(21)20-9-7-15(8-10-20)19(22)23-4/h5-6,11,13,15H,7-10,12H2,1-4H3. The summed E-state index contributed by atoms with van der Waals surface area (Å²) in [6, 6.07) is 6.13. The van der Waals surface area contributed by atoms with Gasteiger partial charge >= 0.3 is 5.97 Å². The first-order valence-corrected chi connectivity index (χ1v) is 8.51. The van der Waals surface area contributed by atoms with Gasteiger partial charge in [0, 0.05) is 13.1 Å². The molecular weight excluding hydrogens is 306 g/mol. The van der Waals surface area contributed by atoms with Crippen molar-refractivity contribution < 1.29 is 19.1 Å². The number of likely N-dealkylation sites (tertiary alicyclic amines) is 1. The molecule has 0 bridgehead atoms. The number of hydrogen-bond acceptors (Lipinski definition) is 4. The Kier molecular flexibility index (Phi) is 6.23. The van der Waals surface area contributed by atoms with E-state index in [4.69, 9.17) is 9.47 Å². The Morgan fingerprint density at radius 1 is 1.25 bits per heavy atom. The quantitative estimate of drug-likeness (QED) is 0.778. The molecule has 5 nitrogen and oxygen atoms in total. The van der Waals surface area contributed by atoms with Crippen molar-refractivity contribution in [2.24, 2.45) is 5.92 Å². The van der Waals surface area contributed by atoms with Crippen molar-refractivity contribution >= 4 is 11.9 Å². The van der Waals surface area contributed by atoms with Gasteiger partial charge in [-0.1, -0.05) is 26.0 Å². The van der Waals surface area contributed by atoms with Gasteiger partial charge in [0.1, 0.15) is 5.75 Å². The normalized spacial score (nSPS) is 15.5. The highest BCUT2D eigenvalue weighted by Gasteiger charge is 2.28. The number of piperidine rings is 1. The molecule has 1 aliphatic rings. The second-order valence-electron chi connectivity index (χ2n) is 6.65. The molecular formula is C19H27NO4. The lowest BCUT2D eigenvalue weighted by Crippen LogP contribution is -2.42. The van der Waals surface area contributed by atoms with E-state index in [1.54, 1.807) is 4.90 Å². The van der Waals surface area contributed by atoms with Crippen LogP contribution >= 0.6 is 0 Å². The number of ether oxygens (including phenoxy) is 2. The van der Waals surface area contributed by atoms with Crippen molar-refractivity contribution in [2.45, 2.75) is 39.5 Å². The average molecular weight is 333 g/mol. The van der Waals surface area contributed by atoms with Crippen LogP contribution in [-0.2, 0) is 14.3 Å². The zero-order valence-electron chi connectivity index (χ0n) is 15.0. The Labute approximate surface area is 143 Å². The summed E-state index contributed by atoms with van der Waals surface area (Å²) >= 11 is 0. The van der Waals surface area contributed by atoms with Crippen LogP contribution < -0.4 is 4.74 Å². The highest BCUT2D eigenvalue weighted by atomic mass is 16.5. The van der Waals surface area contributed by atoms with Gasteiger partial charge in [-0.25, -0.2) is 0 Å². The van der Waals surface area contributed by atoms with Crippen LogP contribution in [-0.4, -0.2) is 43.6 Å². The molecule has 0 radical (unpaired) electrons. The third-order valence-corrected chi connectivity index (χ3v) is 4.61. The Balaban J connectivity index is 1.88. The molecule has 1 aromatic carbocycles. The van der Waals surface area contributed by atoms with Gasteiger partial charge in [-0.15, -0.1) is 0 Å². The summed E-state index contributed by atoms with van der Waals surface area (Å²) in [6.07, 6.45) is 1.31. The molecule has 2 rings (SSSR count). The second kappa shape index (κ2) is 8.18. The molecule has 24 heavy (non-hydrogen) atoms. The number of carbonyl (C=O) groups is 2. The van der Waals surface area contributed by atoms with Crippen LogP contribution in [0.25, 0.3) is 0 Å². The summed E-state index contributed by atoms with van der Waals surface area (Å²) in [7, 11) is 1.40. The highest BCUT2D eigenvalue weighted by Crippen LogP contribution is 2.24. The molecule has 0 N–H and O–H groups in total. The molecule has 0 aromatic heterocycles. The summed E-state index contributed by atoms with van der Waals surface area (Å²) in [5.74, 6) is 0.872. The first kappa shape index (κ1) is 18.3. The first-order chi connectivity index (χ1) is 11.4. The monoisotopic (exact) mass is 333 g/mol. The molecule has 5 heteroatoms. The number of methoxy groups -OCH3 is 1. The van der Waals surface area contributed by atoms with Gasteiger partial charge < -0.3 is 14.4 Å². The maximum absolute atomic E-state index is 12.3. The number of nitrogens with zero attached hydrogens (tertiary/aromatic N) is 1. The number of carbonyl (C=O) groups excluding carboxylic acids is 2. The predicted molar refractivity (Wildman–Crippen MR) is 92.1 cm³/mol. The van der Waals surface area contributed by atoms with Crippen LogP contribution in [0.4, 0.5) is 0 Å². The Bertz CT molecular complexity index is 589. The first-order valence-electron chi connectivity index (χ1n) is 8.51. The van der Waals surface area contributed by atoms with E-state index in [1.807, 2.05) is 19.1 Å². The van der Waals surface area contributed by atoms with E-state index in [9.17, 15) is 9.59 Å². The third-order valence-electron chi connectivity index (χ3n) is 4.61. The number of esters is 1. The van der Waals surface area contributed by atoms with Crippen LogP contribution in [0, 0.1) is 12.8 Å². The molecule has 1 fully saturated rings. The van der Waals surface area contributed by atoms with Gasteiger partial charge in [-0.2, -0.15) is 0 Å². The van der Waals surface area contributed by atoms with Crippen LogP contribution in [0.15, 0.2) is 18.2 Å². The topological polar surface area (TPSA) is 55.8 Å². The van der Waals surface area contributed by atoms with E-state index >= 15 is 0 Å². The van der Waals surface area contributed by atoms with Crippen molar-refractivity contribution in [3.8, 4) is 5.75 Å². The van der Waals surface area contributed by atoms with Crippen molar-refractivity contribution in [3.63, 3.8) is 0 Å². The molecule has 0 aliphatic carbocycles. The van der Waals surface area contributed by atoms with Gasteiger partial charge in [-0.3, -0.25) is 9.59 Å². The van der Waals surface area contributed by atoms with E-state index in [0.717, 1.165) is 11.3 Å². The molecule has 0 unspecified atom stereocenters. The van der Waals surface area contributed by atoms with E-state index in [2.05, 4.69) is 19.9 Å². The van der Waals surface area contributed by atoms with Crippen molar-refractivity contribution in [1.29, 1.82) is 0 Å². The minimum absolute atomic E-state index is 0.0330. The molecule has 1 heterocycles. The van der Waals surface area contributed by atoms with Gasteiger partial charge in [0.05, 0.1) is 13.0 Å². The largest absolute Gasteiger partial charge is 0.483 e. The van der Waals surface area contributed by atoms with Crippen molar-refractivity contribution in [3.05, 3.63) is 29.3 Å². The molecule has 132 valence electrons. The smallest absolute Gasteiger partial charge is 0.308 e. The summed E-state index contributed by atoms with van der Waals surface area (Å²) in [5.41, 5.74) is 2.22. The van der Waals surface area contributed by atoms with Crippen LogP contribution in [0.3, 0.4) is 0 Å². The lowest BCUT2D eigenvalue weighted by atomic mass is 9.97. The Hall–Kier alpha value is -2.04. The fourth-order valence-electron chi connectivity index (χ4n) is 2.89. The maximum atomic E-state index is 12.3. The van der Waals surface area contributed by atoms with E-state index < -0.39 is 0 Å². The third kappa shape index (κ3) is 4.49. The molecule has 0 spiro atoms. The number of aryl methyl sites for hydroxylation is 1. The summed E-state index contributed by atoms with van der Waals surface area (Å²) < 4.78 is 10.5. The zero-order chi connectivity index (χ0) is 17.7. The Morgan fingerprint density at radius 2 is 1.92 bits per heavy atom. The summed E-state index contributed by atoms with van der Waals surface area (Å²) in [5, 5.41) is 0. The predicted octanol–water partition coefficient (Wildman–Crippen LogP) is 2.91. The zero-order valence-corrected chi connectivity index (χ0v) is 15.0. The second-order valence-corrected chi connectivity index (χ2v) is 6.65. The number of hydrogen-bond donors (Lipinski definition) is 0. The van der Waals surface area contributed by atoms with Gasteiger partial charge in [-0.05, 0) is 42.9 Å². The van der Waals surface area contributed by atoms with E-state index in [1.165, 1.54) is 12.7 Å². The fraction of sp³-hybridized carbons (Fsp3) is 0.579. The molecule has 0 saturated carbocycles. The van der Waals surface area contributed by atoms with E-state index in [0.29, 0.717) is 31.8 Å². The lowest BCUT2D eigenvalue weighted by Gasteiger charge is -2.30. The maximum Gasteiger partial charge on any atom is 0.308 e. The molecule has 1 aromatic rings. The minimum Gasteiger partial charge on any atom is -0.483 e. The van der Waals surface area contributed by atoms with Crippen LogP contribution in [0.1, 0.15) is 43.7 Å².